The lowest BCUT2D eigenvalue weighted by atomic mass is 9.86. The van der Waals surface area contributed by atoms with Gasteiger partial charge >= 0.3 is 0 Å². The first-order chi connectivity index (χ1) is 16.8. The molecule has 0 heterocycles. The number of nitrogens with zero attached hydrogens (tertiary/aromatic N) is 2. The molecule has 0 bridgehead atoms. The molecule has 0 aromatic heterocycles. The smallest absolute Gasteiger partial charge is 0.168 e. The molecule has 0 radical (unpaired) electrons. The zero-order valence-electron chi connectivity index (χ0n) is 23.0. The Balaban J connectivity index is 2.67. The van der Waals surface area contributed by atoms with Crippen molar-refractivity contribution in [3.8, 4) is 5.75 Å². The molecule has 36 heavy (non-hydrogen) atoms. The summed E-state index contributed by atoms with van der Waals surface area (Å²) < 4.78 is 19.6. The third-order valence-corrected chi connectivity index (χ3v) is 7.03. The lowest BCUT2D eigenvalue weighted by Crippen LogP contribution is -2.30. The number of hydrogen-bond acceptors (Lipinski definition) is 5. The van der Waals surface area contributed by atoms with Gasteiger partial charge in [-0.15, -0.1) is 0 Å². The summed E-state index contributed by atoms with van der Waals surface area (Å²) in [6, 6.07) is 13.3. The van der Waals surface area contributed by atoms with Crippen LogP contribution in [0.2, 0.25) is 0 Å². The van der Waals surface area contributed by atoms with E-state index in [0.717, 1.165) is 56.6 Å². The van der Waals surface area contributed by atoms with E-state index in [4.69, 9.17) is 9.88 Å². The molecule has 0 aliphatic rings. The van der Waals surface area contributed by atoms with E-state index >= 15 is 0 Å². The van der Waals surface area contributed by atoms with Crippen LogP contribution in [0.25, 0.3) is 0 Å². The molecule has 0 spiro atoms. The average Bonchev–Trinajstić information content (AvgIpc) is 2.80. The maximum atomic E-state index is 13.4. The molecule has 1 atom stereocenters. The quantitative estimate of drug-likeness (QED) is 0.207. The van der Waals surface area contributed by atoms with Gasteiger partial charge in [-0.3, -0.25) is 9.93 Å². The SMILES string of the molecule is C=S(N)(=O)c1cc(C(=O)C(C)(C)C)cc(N(CCCCC)CCCN(C)C)c1OCc1ccccc1. The van der Waals surface area contributed by atoms with Crippen LogP contribution in [0.5, 0.6) is 5.75 Å². The van der Waals surface area contributed by atoms with Crippen molar-refractivity contribution < 1.29 is 13.7 Å². The first-order valence-electron chi connectivity index (χ1n) is 12.8. The third kappa shape index (κ3) is 8.95. The van der Waals surface area contributed by atoms with Crippen LogP contribution in [0.1, 0.15) is 69.3 Å². The molecule has 0 fully saturated rings. The minimum Gasteiger partial charge on any atom is -0.485 e. The molecule has 1 unspecified atom stereocenters. The molecule has 2 aromatic rings. The highest BCUT2D eigenvalue weighted by molar-refractivity contribution is 7.98. The first-order valence-corrected chi connectivity index (χ1v) is 14.6. The zero-order chi connectivity index (χ0) is 26.9. The highest BCUT2D eigenvalue weighted by Gasteiger charge is 2.28. The van der Waals surface area contributed by atoms with Gasteiger partial charge in [0.1, 0.15) is 6.61 Å². The average molecular weight is 516 g/mol. The van der Waals surface area contributed by atoms with E-state index in [1.54, 1.807) is 6.07 Å². The van der Waals surface area contributed by atoms with Crippen LogP contribution >= 0.6 is 0 Å². The van der Waals surface area contributed by atoms with E-state index in [1.807, 2.05) is 57.2 Å². The summed E-state index contributed by atoms with van der Waals surface area (Å²) in [6.45, 7) is 10.6. The Kier molecular flexibility index (Phi) is 11.0. The van der Waals surface area contributed by atoms with Crippen molar-refractivity contribution in [1.29, 1.82) is 0 Å². The standard InChI is InChI=1S/C29H45N3O3S/c1-8-9-13-18-32(19-14-17-31(5)6)25-20-24(28(33)29(2,3)4)21-26(36(7,30)34)27(25)35-22-23-15-11-10-12-16-23/h10-12,15-16,20-21H,7-9,13-14,17-19,22H2,1-6H3,(H2,30,34). The minimum atomic E-state index is -3.17. The number of carbonyl (C=O) groups excluding carboxylic acids is 1. The van der Waals surface area contributed by atoms with Crippen molar-refractivity contribution in [3.05, 3.63) is 53.6 Å². The summed E-state index contributed by atoms with van der Waals surface area (Å²) in [5.74, 6) is 4.18. The van der Waals surface area contributed by atoms with Crippen molar-refractivity contribution in [1.82, 2.24) is 4.90 Å². The molecule has 2 rings (SSSR count). The number of anilines is 1. The Morgan fingerprint density at radius 2 is 1.67 bits per heavy atom. The molecule has 200 valence electrons. The second-order valence-corrected chi connectivity index (χ2v) is 12.6. The number of rotatable bonds is 14. The van der Waals surface area contributed by atoms with Gasteiger partial charge in [-0.25, -0.2) is 4.21 Å². The van der Waals surface area contributed by atoms with Crippen molar-refractivity contribution in [2.24, 2.45) is 10.6 Å². The molecule has 2 N–H and O–H groups in total. The summed E-state index contributed by atoms with van der Waals surface area (Å²) >= 11 is 0. The molecule has 0 aliphatic heterocycles. The summed E-state index contributed by atoms with van der Waals surface area (Å²) in [6.07, 6.45) is 4.14. The predicted octanol–water partition coefficient (Wildman–Crippen LogP) is 5.39. The Morgan fingerprint density at radius 1 is 1.03 bits per heavy atom. The number of ketones is 1. The Bertz CT molecular complexity index is 1090. The molecule has 0 saturated carbocycles. The van der Waals surface area contributed by atoms with E-state index in [-0.39, 0.29) is 10.7 Å². The maximum absolute atomic E-state index is 13.4. The van der Waals surface area contributed by atoms with Crippen LogP contribution in [0.3, 0.4) is 0 Å². The number of ether oxygens (including phenoxy) is 1. The third-order valence-electron chi connectivity index (χ3n) is 5.98. The van der Waals surface area contributed by atoms with Crippen molar-refractivity contribution >= 4 is 27.0 Å². The van der Waals surface area contributed by atoms with E-state index in [9.17, 15) is 9.00 Å². The molecule has 6 nitrogen and oxygen atoms in total. The van der Waals surface area contributed by atoms with Crippen molar-refractivity contribution in [2.45, 2.75) is 64.9 Å². The molecule has 2 aromatic carbocycles. The van der Waals surface area contributed by atoms with Crippen LogP contribution in [-0.4, -0.2) is 54.5 Å². The van der Waals surface area contributed by atoms with Gasteiger partial charge in [-0.1, -0.05) is 70.9 Å². The summed E-state index contributed by atoms with van der Waals surface area (Å²) in [4.78, 5) is 18.1. The molecular weight excluding hydrogens is 470 g/mol. The summed E-state index contributed by atoms with van der Waals surface area (Å²) in [5.41, 5.74) is 1.62. The number of carbonyl (C=O) groups is 1. The fourth-order valence-electron chi connectivity index (χ4n) is 4.00. The molecule has 0 amide bonds. The largest absolute Gasteiger partial charge is 0.485 e. The number of nitrogens with two attached hydrogens (primary N) is 1. The molecule has 7 heteroatoms. The van der Waals surface area contributed by atoms with Crippen LogP contribution in [0, 0.1) is 5.41 Å². The normalized spacial score (nSPS) is 13.4. The Morgan fingerprint density at radius 3 is 2.22 bits per heavy atom. The second-order valence-electron chi connectivity index (χ2n) is 10.8. The number of Topliss-reactive ketones (excluding diaryl/α,β-unsaturated/α-hetero) is 1. The number of benzene rings is 2. The zero-order valence-corrected chi connectivity index (χ0v) is 23.8. The second kappa shape index (κ2) is 13.3. The van der Waals surface area contributed by atoms with Gasteiger partial charge in [0.2, 0.25) is 0 Å². The van der Waals surface area contributed by atoms with Crippen LogP contribution in [-0.2, 0) is 16.3 Å². The molecule has 0 aliphatic carbocycles. The number of unbranched alkanes of at least 4 members (excludes halogenated alkanes) is 2. The van der Waals surface area contributed by atoms with Gasteiger partial charge in [0.15, 0.2) is 11.5 Å². The summed E-state index contributed by atoms with van der Waals surface area (Å²) in [7, 11) is 0.950. The lowest BCUT2D eigenvalue weighted by Gasteiger charge is -2.30. The minimum absolute atomic E-state index is 0.0370. The van der Waals surface area contributed by atoms with Gasteiger partial charge in [-0.05, 0) is 57.0 Å². The van der Waals surface area contributed by atoms with E-state index in [1.165, 1.54) is 0 Å². The topological polar surface area (TPSA) is 75.9 Å². The van der Waals surface area contributed by atoms with Gasteiger partial charge < -0.3 is 14.5 Å². The fourth-order valence-corrected chi connectivity index (χ4v) is 4.80. The van der Waals surface area contributed by atoms with Crippen LogP contribution in [0.15, 0.2) is 47.4 Å². The Hall–Kier alpha value is -2.35. The van der Waals surface area contributed by atoms with Crippen LogP contribution in [0.4, 0.5) is 5.69 Å². The first kappa shape index (κ1) is 29.9. The van der Waals surface area contributed by atoms with Crippen molar-refractivity contribution in [2.75, 3.05) is 38.6 Å². The van der Waals surface area contributed by atoms with E-state index < -0.39 is 15.1 Å². The highest BCUT2D eigenvalue weighted by Crippen LogP contribution is 2.39. The lowest BCUT2D eigenvalue weighted by molar-refractivity contribution is 0.0858. The molecular formula is C29H45N3O3S. The monoisotopic (exact) mass is 515 g/mol. The predicted molar refractivity (Wildman–Crippen MR) is 154 cm³/mol. The van der Waals surface area contributed by atoms with Gasteiger partial charge in [-0.2, -0.15) is 0 Å². The fraction of sp³-hybridized carbons (Fsp3) is 0.517. The van der Waals surface area contributed by atoms with Gasteiger partial charge in [0, 0.05) is 24.1 Å². The van der Waals surface area contributed by atoms with Crippen LogP contribution < -0.4 is 14.8 Å². The van der Waals surface area contributed by atoms with Gasteiger partial charge in [0.25, 0.3) is 0 Å². The maximum Gasteiger partial charge on any atom is 0.168 e. The van der Waals surface area contributed by atoms with Gasteiger partial charge in [0.05, 0.1) is 20.3 Å². The summed E-state index contributed by atoms with van der Waals surface area (Å²) in [5, 5.41) is 6.14. The highest BCUT2D eigenvalue weighted by atomic mass is 32.2. The Labute approximate surface area is 219 Å². The van der Waals surface area contributed by atoms with Crippen molar-refractivity contribution in [3.63, 3.8) is 0 Å². The molecule has 0 saturated heterocycles. The number of hydrogen-bond donors (Lipinski definition) is 1. The van der Waals surface area contributed by atoms with E-state index in [2.05, 4.69) is 36.7 Å². The van der Waals surface area contributed by atoms with E-state index in [0.29, 0.717) is 17.9 Å².